The van der Waals surface area contributed by atoms with Gasteiger partial charge in [-0.25, -0.2) is 4.98 Å². The van der Waals surface area contributed by atoms with E-state index < -0.39 is 0 Å². The normalized spacial score (nSPS) is 12.9. The Morgan fingerprint density at radius 3 is 2.94 bits per heavy atom. The summed E-state index contributed by atoms with van der Waals surface area (Å²) in [6.45, 7) is 4.95. The van der Waals surface area contributed by atoms with Crippen LogP contribution in [0.5, 0.6) is 0 Å². The highest BCUT2D eigenvalue weighted by Gasteiger charge is 2.08. The van der Waals surface area contributed by atoms with Crippen LogP contribution in [0.2, 0.25) is 0 Å². The van der Waals surface area contributed by atoms with Crippen LogP contribution < -0.4 is 5.32 Å². The maximum Gasteiger partial charge on any atom is 0.109 e. The first kappa shape index (κ1) is 11.3. The molecule has 0 aliphatic carbocycles. The van der Waals surface area contributed by atoms with Crippen molar-refractivity contribution >= 4 is 11.3 Å². The Hall–Kier alpha value is -1.20. The molecule has 0 fully saturated rings. The minimum Gasteiger partial charge on any atom is -0.302 e. The predicted octanol–water partition coefficient (Wildman–Crippen LogP) is 2.04. The Bertz CT molecular complexity index is 447. The van der Waals surface area contributed by atoms with Crippen molar-refractivity contribution in [2.45, 2.75) is 26.4 Å². The molecule has 86 valence electrons. The Balaban J connectivity index is 1.95. The summed E-state index contributed by atoms with van der Waals surface area (Å²) >= 11 is 1.68. The molecule has 0 spiro atoms. The van der Waals surface area contributed by atoms with E-state index in [2.05, 4.69) is 28.4 Å². The van der Waals surface area contributed by atoms with Crippen LogP contribution in [0.15, 0.2) is 17.6 Å². The first-order valence-corrected chi connectivity index (χ1v) is 6.17. The van der Waals surface area contributed by atoms with Gasteiger partial charge in [0.2, 0.25) is 0 Å². The lowest BCUT2D eigenvalue weighted by atomic mass is 10.3. The van der Waals surface area contributed by atoms with E-state index in [1.54, 1.807) is 11.3 Å². The summed E-state index contributed by atoms with van der Waals surface area (Å²) < 4.78 is 1.91. The molecule has 0 aliphatic rings. The molecular formula is C11H16N4S. The van der Waals surface area contributed by atoms with E-state index in [0.29, 0.717) is 0 Å². The molecule has 16 heavy (non-hydrogen) atoms. The minimum absolute atomic E-state index is 0.287. The molecule has 0 amide bonds. The predicted molar refractivity (Wildman–Crippen MR) is 65.3 cm³/mol. The highest BCUT2D eigenvalue weighted by molar-refractivity contribution is 7.09. The number of rotatable bonds is 4. The molecule has 2 aromatic rings. The lowest BCUT2D eigenvalue weighted by molar-refractivity contribution is 0.546. The number of thiazole rings is 1. The van der Waals surface area contributed by atoms with Gasteiger partial charge in [-0.2, -0.15) is 5.10 Å². The smallest absolute Gasteiger partial charge is 0.109 e. The van der Waals surface area contributed by atoms with Crippen LogP contribution in [0.1, 0.15) is 29.4 Å². The van der Waals surface area contributed by atoms with Crippen LogP contribution in [-0.2, 0) is 13.6 Å². The average molecular weight is 236 g/mol. The average Bonchev–Trinajstić information content (AvgIpc) is 2.84. The lowest BCUT2D eigenvalue weighted by Gasteiger charge is -2.10. The number of aromatic nitrogens is 3. The minimum atomic E-state index is 0.287. The van der Waals surface area contributed by atoms with Gasteiger partial charge in [0.15, 0.2) is 0 Å². The van der Waals surface area contributed by atoms with Gasteiger partial charge in [0.25, 0.3) is 0 Å². The molecular weight excluding hydrogens is 220 g/mol. The standard InChI is InChI=1S/C11H16N4S/c1-8-6-10(15(3)14-8)7-13-9(2)11-12-4-5-16-11/h4-6,9,13H,7H2,1-3H3. The molecule has 0 aliphatic heterocycles. The molecule has 5 heteroatoms. The van der Waals surface area contributed by atoms with E-state index in [-0.39, 0.29) is 6.04 Å². The second-order valence-corrected chi connectivity index (χ2v) is 4.80. The summed E-state index contributed by atoms with van der Waals surface area (Å²) in [6.07, 6.45) is 1.84. The van der Waals surface area contributed by atoms with Gasteiger partial charge in [0.1, 0.15) is 5.01 Å². The number of nitrogens with zero attached hydrogens (tertiary/aromatic N) is 3. The van der Waals surface area contributed by atoms with Crippen LogP contribution in [0.3, 0.4) is 0 Å². The van der Waals surface area contributed by atoms with Crippen LogP contribution in [-0.4, -0.2) is 14.8 Å². The second-order valence-electron chi connectivity index (χ2n) is 3.87. The van der Waals surface area contributed by atoms with E-state index in [1.807, 2.05) is 30.2 Å². The molecule has 2 heterocycles. The van der Waals surface area contributed by atoms with Gasteiger partial charge in [0.05, 0.1) is 17.4 Å². The Labute approximate surface area is 99.3 Å². The quantitative estimate of drug-likeness (QED) is 0.883. The number of hydrogen-bond donors (Lipinski definition) is 1. The lowest BCUT2D eigenvalue weighted by Crippen LogP contribution is -2.19. The summed E-state index contributed by atoms with van der Waals surface area (Å²) in [5.74, 6) is 0. The summed E-state index contributed by atoms with van der Waals surface area (Å²) in [6, 6.07) is 2.39. The number of nitrogens with one attached hydrogen (secondary N) is 1. The Morgan fingerprint density at radius 2 is 2.38 bits per heavy atom. The largest absolute Gasteiger partial charge is 0.302 e. The van der Waals surface area contributed by atoms with Gasteiger partial charge >= 0.3 is 0 Å². The first-order chi connectivity index (χ1) is 7.66. The van der Waals surface area contributed by atoms with Crippen LogP contribution >= 0.6 is 11.3 Å². The van der Waals surface area contributed by atoms with Crippen LogP contribution in [0, 0.1) is 6.92 Å². The van der Waals surface area contributed by atoms with Crippen molar-refractivity contribution in [1.29, 1.82) is 0 Å². The van der Waals surface area contributed by atoms with E-state index in [1.165, 1.54) is 5.69 Å². The van der Waals surface area contributed by atoms with Crippen molar-refractivity contribution < 1.29 is 0 Å². The molecule has 1 N–H and O–H groups in total. The van der Waals surface area contributed by atoms with Crippen molar-refractivity contribution in [1.82, 2.24) is 20.1 Å². The van der Waals surface area contributed by atoms with Gasteiger partial charge in [-0.15, -0.1) is 11.3 Å². The van der Waals surface area contributed by atoms with Gasteiger partial charge in [0, 0.05) is 25.2 Å². The topological polar surface area (TPSA) is 42.7 Å². The third-order valence-electron chi connectivity index (χ3n) is 2.51. The van der Waals surface area contributed by atoms with E-state index in [9.17, 15) is 0 Å². The van der Waals surface area contributed by atoms with Crippen molar-refractivity contribution in [3.63, 3.8) is 0 Å². The molecule has 0 bridgehead atoms. The fourth-order valence-corrected chi connectivity index (χ4v) is 2.29. The SMILES string of the molecule is Cc1cc(CNC(C)c2nccs2)n(C)n1. The number of aryl methyl sites for hydroxylation is 2. The summed E-state index contributed by atoms with van der Waals surface area (Å²) in [5.41, 5.74) is 2.25. The zero-order valence-corrected chi connectivity index (χ0v) is 10.6. The molecule has 0 saturated heterocycles. The first-order valence-electron chi connectivity index (χ1n) is 5.29. The fourth-order valence-electron chi connectivity index (χ4n) is 1.62. The maximum atomic E-state index is 4.32. The van der Waals surface area contributed by atoms with Crippen LogP contribution in [0.4, 0.5) is 0 Å². The highest BCUT2D eigenvalue weighted by atomic mass is 32.1. The third kappa shape index (κ3) is 2.48. The summed E-state index contributed by atoms with van der Waals surface area (Å²) in [7, 11) is 1.97. The molecule has 4 nitrogen and oxygen atoms in total. The zero-order valence-electron chi connectivity index (χ0n) is 9.77. The number of hydrogen-bond acceptors (Lipinski definition) is 4. The molecule has 2 rings (SSSR count). The van der Waals surface area contributed by atoms with Gasteiger partial charge < -0.3 is 5.32 Å². The molecule has 0 aromatic carbocycles. The molecule has 0 radical (unpaired) electrons. The van der Waals surface area contributed by atoms with Gasteiger partial charge in [-0.3, -0.25) is 4.68 Å². The summed E-state index contributed by atoms with van der Waals surface area (Å²) in [4.78, 5) is 4.29. The monoisotopic (exact) mass is 236 g/mol. The molecule has 1 unspecified atom stereocenters. The molecule has 2 aromatic heterocycles. The van der Waals surface area contributed by atoms with Crippen LogP contribution in [0.25, 0.3) is 0 Å². The fraction of sp³-hybridized carbons (Fsp3) is 0.455. The van der Waals surface area contributed by atoms with Crippen molar-refractivity contribution in [3.05, 3.63) is 34.0 Å². The van der Waals surface area contributed by atoms with Crippen molar-refractivity contribution in [2.75, 3.05) is 0 Å². The van der Waals surface area contributed by atoms with E-state index in [4.69, 9.17) is 0 Å². The maximum absolute atomic E-state index is 4.32. The van der Waals surface area contributed by atoms with Crippen molar-refractivity contribution in [3.8, 4) is 0 Å². The van der Waals surface area contributed by atoms with Gasteiger partial charge in [-0.1, -0.05) is 0 Å². The Kier molecular flexibility index (Phi) is 3.36. The third-order valence-corrected chi connectivity index (χ3v) is 3.47. The molecule has 0 saturated carbocycles. The highest BCUT2D eigenvalue weighted by Crippen LogP contribution is 2.15. The van der Waals surface area contributed by atoms with Gasteiger partial charge in [-0.05, 0) is 19.9 Å². The molecule has 1 atom stereocenters. The summed E-state index contributed by atoms with van der Waals surface area (Å²) in [5, 5.41) is 10.9. The van der Waals surface area contributed by atoms with Crippen molar-refractivity contribution in [2.24, 2.45) is 7.05 Å². The zero-order chi connectivity index (χ0) is 11.5. The van der Waals surface area contributed by atoms with E-state index >= 15 is 0 Å². The Morgan fingerprint density at radius 1 is 1.56 bits per heavy atom. The second kappa shape index (κ2) is 4.76. The van der Waals surface area contributed by atoms with E-state index in [0.717, 1.165) is 17.2 Å².